The largest absolute Gasteiger partial charge is 0.394 e. The molecule has 12 rings (SSSR count). The molecule has 49 nitrogen and oxygen atoms in total. The first kappa shape index (κ1) is 107. The minimum absolute atomic E-state index is 0.0157. The van der Waals surface area contributed by atoms with Gasteiger partial charge in [0.05, 0.1) is 111 Å². The monoisotopic (exact) mass is 1860 g/mol. The Hall–Kier alpha value is -2.17. The highest BCUT2D eigenvalue weighted by atomic mass is 19.3. The van der Waals surface area contributed by atoms with Crippen molar-refractivity contribution >= 4 is 0 Å². The fraction of sp³-hybridized carbons (Fsp3) is 1.00. The Kier molecular flexibility index (Phi) is 40.2. The zero-order valence-corrected chi connectivity index (χ0v) is 71.1. The highest BCUT2D eigenvalue weighted by molar-refractivity contribution is 5.06. The summed E-state index contributed by atoms with van der Waals surface area (Å²) < 4.78 is 146. The molecule has 12 aliphatic rings. The molecule has 0 aromatic carbocycles. The molecule has 3 unspecified atom stereocenters. The summed E-state index contributed by atoms with van der Waals surface area (Å²) in [4.78, 5) is 0. The molecule has 0 amide bonds. The van der Waals surface area contributed by atoms with E-state index in [0.29, 0.717) is 25.7 Å². The second-order valence-electron chi connectivity index (χ2n) is 35.5. The van der Waals surface area contributed by atoms with Crippen molar-refractivity contribution in [2.45, 2.75) is 397 Å². The summed E-state index contributed by atoms with van der Waals surface area (Å²) in [6.45, 7) is 1.86. The van der Waals surface area contributed by atoms with Crippen LogP contribution in [0.1, 0.15) is 78.6 Å². The molecule has 0 spiro atoms. The van der Waals surface area contributed by atoms with Crippen molar-refractivity contribution in [1.82, 2.24) is 0 Å². The first-order chi connectivity index (χ1) is 60.1. The number of alkyl halides is 3. The van der Waals surface area contributed by atoms with Gasteiger partial charge in [0.25, 0.3) is 6.43 Å². The topological polar surface area (TPSA) is 880 Å². The van der Waals surface area contributed by atoms with Crippen LogP contribution in [0.5, 0.6) is 0 Å². The van der Waals surface area contributed by atoms with Crippen LogP contribution in [0.3, 0.4) is 0 Å². The molecule has 3 saturated carbocycles. The molecular formula is C75H144F3N15O34. The van der Waals surface area contributed by atoms with Gasteiger partial charge >= 0.3 is 0 Å². The maximum atomic E-state index is 13.2. The minimum atomic E-state index is -2.83. The molecular weight excluding hydrogens is 1710 g/mol. The van der Waals surface area contributed by atoms with E-state index in [1.807, 2.05) is 0 Å². The standard InChI is InChI=1S/C25H47F2N5O11.C25H48FN5O11.C25H49N5O12/c1-7-15(34)17(36)12(5-28)39-23(7)42-20-13(6-33)40-25(18(20)37)43-21-16(35)9(30)4-10(31)19(21)41-24-8(29)2-3-11(38-24)14(32)22(26)27;1-8-16(33)18(35)14(6-27)38-23(8)41-21-15(7-32)39-25(19(21)36)42-22-17(34)10(29)4-11(30)20(22)40-24-9(28)2-3-13(37-24)12(31)5-26;1-8-16(33)18(35)14(6-27)38-23(8)41-21-15(7-31)39-25(19(21)36)42-22-17(34)10(29)4-11(30)20(22)40-24-9(28)2-3-13(37-24)12(32)5-26/h7-25,33-37H,2-6,28-32H2,1H3;8-25,32-36H,2-7,27-31H2,1H3;8-25,31-36H,2-7,26-30H2,1H3/t7-,8-,9-,10+,11+,12+,13-,14-,15-,16+,17-,18-,19-,20-,21-,23?,24-,25+;2*8-,9-,10-,11+,12+,13+,14+,15-,16-,17+,18-,19-,20-,21-,22-,23?,24-,25+/m111/s1. The van der Waals surface area contributed by atoms with Crippen LogP contribution in [0.2, 0.25) is 0 Å². The zero-order valence-electron chi connectivity index (χ0n) is 71.1. The Bertz CT molecular complexity index is 3100. The second-order valence-corrected chi connectivity index (χ2v) is 35.5. The number of aliphatic hydroxyl groups excluding tert-OH is 16. The lowest BCUT2D eigenvalue weighted by Crippen LogP contribution is -2.65. The Balaban J connectivity index is 0.000000199. The van der Waals surface area contributed by atoms with Gasteiger partial charge in [0.1, 0.15) is 135 Å². The predicted molar refractivity (Wildman–Crippen MR) is 426 cm³/mol. The van der Waals surface area contributed by atoms with Gasteiger partial charge in [-0.05, 0) is 57.8 Å². The number of rotatable bonds is 30. The molecule has 9 aliphatic heterocycles. The van der Waals surface area contributed by atoms with E-state index >= 15 is 0 Å². The van der Waals surface area contributed by atoms with Crippen molar-refractivity contribution in [2.24, 2.45) is 104 Å². The predicted octanol–water partition coefficient (Wildman–Crippen LogP) is -16.3. The van der Waals surface area contributed by atoms with E-state index in [-0.39, 0.29) is 58.3 Å². The van der Waals surface area contributed by atoms with E-state index in [9.17, 15) is 94.9 Å². The van der Waals surface area contributed by atoms with Gasteiger partial charge in [-0.25, -0.2) is 13.2 Å². The van der Waals surface area contributed by atoms with Crippen LogP contribution in [0.25, 0.3) is 0 Å². The van der Waals surface area contributed by atoms with E-state index in [0.717, 1.165) is 0 Å². The molecule has 54 atom stereocenters. The quantitative estimate of drug-likeness (QED) is 0.0318. The van der Waals surface area contributed by atoms with Gasteiger partial charge in [-0.2, -0.15) is 0 Å². The van der Waals surface area contributed by atoms with E-state index < -0.39 is 363 Å². The van der Waals surface area contributed by atoms with Crippen molar-refractivity contribution in [3.63, 3.8) is 0 Å². The number of nitrogens with two attached hydrogens (primary N) is 15. The molecule has 9 saturated heterocycles. The Labute approximate surface area is 731 Å². The molecule has 3 aliphatic carbocycles. The number of ether oxygens (including phenoxy) is 18. The first-order valence-electron chi connectivity index (χ1n) is 43.5. The third kappa shape index (κ3) is 24.7. The fourth-order valence-electron chi connectivity index (χ4n) is 18.1. The minimum Gasteiger partial charge on any atom is -0.394 e. The summed E-state index contributed by atoms with van der Waals surface area (Å²) in [6, 6.07) is -9.12. The molecule has 0 bridgehead atoms. The molecule has 46 N–H and O–H groups in total. The first-order valence-corrected chi connectivity index (χ1v) is 43.5. The lowest BCUT2D eigenvalue weighted by molar-refractivity contribution is -0.298. The molecule has 0 aromatic heterocycles. The van der Waals surface area contributed by atoms with Gasteiger partial charge in [0.15, 0.2) is 56.6 Å². The molecule has 9 heterocycles. The van der Waals surface area contributed by atoms with Gasteiger partial charge in [-0.1, -0.05) is 20.8 Å². The number of hydrogen-bond donors (Lipinski definition) is 31. The summed E-state index contributed by atoms with van der Waals surface area (Å²) in [5.74, 6) is -2.19. The maximum absolute atomic E-state index is 13.2. The van der Waals surface area contributed by atoms with Gasteiger partial charge < -0.3 is 253 Å². The molecule has 12 fully saturated rings. The Morgan fingerprint density at radius 1 is 0.299 bits per heavy atom. The number of halogens is 3. The van der Waals surface area contributed by atoms with E-state index in [2.05, 4.69) is 0 Å². The average molecular weight is 1860 g/mol. The van der Waals surface area contributed by atoms with Crippen LogP contribution in [0.15, 0.2) is 0 Å². The van der Waals surface area contributed by atoms with Crippen LogP contribution in [-0.4, -0.2) is 453 Å². The van der Waals surface area contributed by atoms with Crippen molar-refractivity contribution in [3.8, 4) is 0 Å². The van der Waals surface area contributed by atoms with E-state index in [1.54, 1.807) is 20.8 Å². The zero-order chi connectivity index (χ0) is 93.5. The van der Waals surface area contributed by atoms with Crippen LogP contribution in [0.4, 0.5) is 13.2 Å². The Morgan fingerprint density at radius 2 is 0.559 bits per heavy atom. The third-order valence-corrected chi connectivity index (χ3v) is 26.3. The van der Waals surface area contributed by atoms with Crippen molar-refractivity contribution in [1.29, 1.82) is 0 Å². The lowest BCUT2D eigenvalue weighted by Gasteiger charge is -2.46. The van der Waals surface area contributed by atoms with Crippen LogP contribution >= 0.6 is 0 Å². The van der Waals surface area contributed by atoms with Crippen molar-refractivity contribution in [2.75, 3.05) is 52.7 Å². The molecule has 127 heavy (non-hydrogen) atoms. The van der Waals surface area contributed by atoms with Crippen molar-refractivity contribution < 1.29 is 180 Å². The summed E-state index contributed by atoms with van der Waals surface area (Å²) in [6.07, 6.45) is -47.0. The number of aliphatic hydroxyl groups is 16. The molecule has 52 heteroatoms. The third-order valence-electron chi connectivity index (χ3n) is 26.3. The van der Waals surface area contributed by atoms with Gasteiger partial charge in [-0.3, -0.25) is 0 Å². The summed E-state index contributed by atoms with van der Waals surface area (Å²) >= 11 is 0. The average Bonchev–Trinajstić information content (AvgIpc) is 1.76. The summed E-state index contributed by atoms with van der Waals surface area (Å²) in [7, 11) is 0. The second kappa shape index (κ2) is 47.7. The van der Waals surface area contributed by atoms with Crippen LogP contribution in [-0.2, 0) is 85.3 Å². The van der Waals surface area contributed by atoms with E-state index in [4.69, 9.17) is 171 Å². The normalized spacial score (nSPS) is 50.7. The highest BCUT2D eigenvalue weighted by Crippen LogP contribution is 2.42. The summed E-state index contributed by atoms with van der Waals surface area (Å²) in [5, 5.41) is 169. The smallest absolute Gasteiger partial charge is 0.256 e. The highest BCUT2D eigenvalue weighted by Gasteiger charge is 2.59. The lowest BCUT2D eigenvalue weighted by atomic mass is 9.84. The van der Waals surface area contributed by atoms with Gasteiger partial charge in [0, 0.05) is 80.2 Å². The van der Waals surface area contributed by atoms with Crippen molar-refractivity contribution in [3.05, 3.63) is 0 Å². The van der Waals surface area contributed by atoms with Gasteiger partial charge in [-0.15, -0.1) is 0 Å². The number of hydrogen-bond acceptors (Lipinski definition) is 49. The van der Waals surface area contributed by atoms with Crippen LogP contribution < -0.4 is 86.0 Å². The molecule has 0 aromatic rings. The summed E-state index contributed by atoms with van der Waals surface area (Å²) in [5.41, 5.74) is 90.0. The Morgan fingerprint density at radius 3 is 0.835 bits per heavy atom. The molecule has 0 radical (unpaired) electrons. The fourth-order valence-corrected chi connectivity index (χ4v) is 18.1. The SMILES string of the molecule is C[C@H]1C(O[C@H]2[C@@H](O)[C@H](O[C@@H]3[C@@H](O)[C@H](N)C[C@H](N)[C@H]3O[C@H]3O[C@H]([C@@H](N)C(F)F)CC[C@H]3N)O[C@@H]2CO)O[C@@H](CN)[C@@H](O)[C@@H]1O.C[C@H]1C(O[C@H]2[C@@H](O)[C@H](O[C@@H]3[C@@H](O)[C@H](N)C[C@H](N)[C@H]3O[C@H]3O[C@H]([C@@H](N)CF)CC[C@H]3N)O[C@@H]2CO)O[C@@H](CN)[C@@H](O)[C@@H]1O.C[C@H]1C(O[C@H]2[C@@H](O)[C@H](O[C@@H]3[C@@H](O)[C@H](N)C[C@H](N)[C@H]3O[C@H]3O[C@H]([C@@H](O)CN)CC[C@H]3N)O[C@@H]2CO)O[C@@H](CN)[C@@H](O)[C@@H]1O. The molecule has 744 valence electrons. The van der Waals surface area contributed by atoms with Crippen LogP contribution in [0, 0.1) is 17.8 Å². The van der Waals surface area contributed by atoms with E-state index in [1.165, 1.54) is 0 Å². The van der Waals surface area contributed by atoms with Gasteiger partial charge in [0.2, 0.25) is 0 Å². The maximum Gasteiger partial charge on any atom is 0.256 e.